The summed E-state index contributed by atoms with van der Waals surface area (Å²) in [5.74, 6) is -0.611. The van der Waals surface area contributed by atoms with Crippen molar-refractivity contribution in [2.45, 2.75) is 38.1 Å². The third-order valence-electron chi connectivity index (χ3n) is 4.32. The number of rotatable bonds is 3. The molecule has 1 atom stereocenters. The Morgan fingerprint density at radius 2 is 1.85 bits per heavy atom. The van der Waals surface area contributed by atoms with Crippen LogP contribution in [0.1, 0.15) is 32.1 Å². The van der Waals surface area contributed by atoms with Gasteiger partial charge in [0, 0.05) is 19.8 Å². The van der Waals surface area contributed by atoms with Crippen molar-refractivity contribution in [2.24, 2.45) is 16.9 Å². The van der Waals surface area contributed by atoms with Gasteiger partial charge < -0.3 is 21.1 Å². The number of primary amides is 1. The third-order valence-corrected chi connectivity index (χ3v) is 4.71. The maximum absolute atomic E-state index is 12.9. The van der Waals surface area contributed by atoms with Crippen molar-refractivity contribution < 1.29 is 14.3 Å². The standard InChI is InChI=1S/C13H21N3O3S/c14-10(17)9-3-1-2-6-16(9)12(18)13(11(15)20)4-7-19-8-5-13/h9H,1-8H2,(H2,14,17)(H2,15,20). The Balaban J connectivity index is 2.26. The molecule has 4 N–H and O–H groups in total. The molecule has 2 fully saturated rings. The first kappa shape index (κ1) is 15.2. The first-order valence-corrected chi connectivity index (χ1v) is 7.38. The van der Waals surface area contributed by atoms with Crippen LogP contribution in [0.2, 0.25) is 0 Å². The highest BCUT2D eigenvalue weighted by molar-refractivity contribution is 7.80. The predicted molar refractivity (Wildman–Crippen MR) is 77.8 cm³/mol. The van der Waals surface area contributed by atoms with Crippen molar-refractivity contribution >= 4 is 29.0 Å². The molecular formula is C13H21N3O3S. The Bertz CT molecular complexity index is 421. The summed E-state index contributed by atoms with van der Waals surface area (Å²) in [5.41, 5.74) is 10.4. The number of ether oxygens (including phenoxy) is 1. The van der Waals surface area contributed by atoms with E-state index in [1.807, 2.05) is 0 Å². The Kier molecular flexibility index (Phi) is 4.59. The van der Waals surface area contributed by atoms with Crippen LogP contribution < -0.4 is 11.5 Å². The molecule has 7 heteroatoms. The molecule has 1 unspecified atom stereocenters. The molecule has 2 aliphatic rings. The lowest BCUT2D eigenvalue weighted by Crippen LogP contribution is -2.59. The predicted octanol–water partition coefficient (Wildman–Crippen LogP) is -0.0643. The fourth-order valence-electron chi connectivity index (χ4n) is 3.03. The third kappa shape index (κ3) is 2.64. The first-order valence-electron chi connectivity index (χ1n) is 6.97. The normalized spacial score (nSPS) is 26.0. The summed E-state index contributed by atoms with van der Waals surface area (Å²) in [4.78, 5) is 26.3. The highest BCUT2D eigenvalue weighted by atomic mass is 32.1. The van der Waals surface area contributed by atoms with Gasteiger partial charge in [0.2, 0.25) is 11.8 Å². The van der Waals surface area contributed by atoms with Crippen molar-refractivity contribution in [3.8, 4) is 0 Å². The molecule has 112 valence electrons. The van der Waals surface area contributed by atoms with Crippen LogP contribution in [-0.2, 0) is 14.3 Å². The van der Waals surface area contributed by atoms with E-state index in [1.165, 1.54) is 0 Å². The summed E-state index contributed by atoms with van der Waals surface area (Å²) < 4.78 is 5.31. The highest BCUT2D eigenvalue weighted by Crippen LogP contribution is 2.35. The van der Waals surface area contributed by atoms with Crippen LogP contribution in [-0.4, -0.2) is 47.5 Å². The second-order valence-electron chi connectivity index (χ2n) is 5.47. The molecule has 2 saturated heterocycles. The van der Waals surface area contributed by atoms with E-state index in [0.717, 1.165) is 12.8 Å². The number of amides is 2. The van der Waals surface area contributed by atoms with E-state index in [1.54, 1.807) is 4.90 Å². The van der Waals surface area contributed by atoms with Crippen molar-refractivity contribution in [1.82, 2.24) is 4.90 Å². The minimum absolute atomic E-state index is 0.156. The fraction of sp³-hybridized carbons (Fsp3) is 0.769. The zero-order valence-corrected chi connectivity index (χ0v) is 12.3. The van der Waals surface area contributed by atoms with Gasteiger partial charge in [0.25, 0.3) is 0 Å². The number of nitrogens with two attached hydrogens (primary N) is 2. The average Bonchev–Trinajstić information content (AvgIpc) is 2.47. The summed E-state index contributed by atoms with van der Waals surface area (Å²) in [7, 11) is 0. The number of nitrogens with zero attached hydrogens (tertiary/aromatic N) is 1. The van der Waals surface area contributed by atoms with Crippen molar-refractivity contribution in [2.75, 3.05) is 19.8 Å². The van der Waals surface area contributed by atoms with Crippen LogP contribution in [0.15, 0.2) is 0 Å². The molecule has 2 amide bonds. The van der Waals surface area contributed by atoms with Gasteiger partial charge in [-0.05, 0) is 32.1 Å². The van der Waals surface area contributed by atoms with Gasteiger partial charge in [0.15, 0.2) is 0 Å². The van der Waals surface area contributed by atoms with Crippen LogP contribution in [0.25, 0.3) is 0 Å². The summed E-state index contributed by atoms with van der Waals surface area (Å²) in [6.07, 6.45) is 3.34. The van der Waals surface area contributed by atoms with E-state index >= 15 is 0 Å². The van der Waals surface area contributed by atoms with Gasteiger partial charge in [-0.15, -0.1) is 0 Å². The molecule has 20 heavy (non-hydrogen) atoms. The highest BCUT2D eigenvalue weighted by Gasteiger charge is 2.47. The Morgan fingerprint density at radius 1 is 1.20 bits per heavy atom. The van der Waals surface area contributed by atoms with E-state index in [9.17, 15) is 9.59 Å². The van der Waals surface area contributed by atoms with E-state index in [-0.39, 0.29) is 10.9 Å². The largest absolute Gasteiger partial charge is 0.392 e. The van der Waals surface area contributed by atoms with Crippen LogP contribution in [0, 0.1) is 5.41 Å². The smallest absolute Gasteiger partial charge is 0.240 e. The number of likely N-dealkylation sites (tertiary alicyclic amines) is 1. The van der Waals surface area contributed by atoms with E-state index in [0.29, 0.717) is 39.0 Å². The average molecular weight is 299 g/mol. The van der Waals surface area contributed by atoms with Gasteiger partial charge in [-0.25, -0.2) is 0 Å². The van der Waals surface area contributed by atoms with Crippen molar-refractivity contribution in [1.29, 1.82) is 0 Å². The molecule has 2 heterocycles. The molecule has 0 aromatic rings. The summed E-state index contributed by atoms with van der Waals surface area (Å²) in [6, 6.07) is -0.537. The molecule has 0 radical (unpaired) electrons. The van der Waals surface area contributed by atoms with Crippen molar-refractivity contribution in [3.05, 3.63) is 0 Å². The molecular weight excluding hydrogens is 278 g/mol. The maximum atomic E-state index is 12.9. The Labute approximate surface area is 123 Å². The molecule has 2 aliphatic heterocycles. The SMILES string of the molecule is NC(=O)C1CCCCN1C(=O)C1(C(N)=S)CCOCC1. The van der Waals surface area contributed by atoms with Gasteiger partial charge in [-0.3, -0.25) is 9.59 Å². The zero-order chi connectivity index (χ0) is 14.8. The number of hydrogen-bond acceptors (Lipinski definition) is 4. The second kappa shape index (κ2) is 6.05. The molecule has 0 spiro atoms. The summed E-state index contributed by atoms with van der Waals surface area (Å²) in [5, 5.41) is 0. The molecule has 6 nitrogen and oxygen atoms in total. The van der Waals surface area contributed by atoms with Gasteiger partial charge >= 0.3 is 0 Å². The van der Waals surface area contributed by atoms with E-state index in [4.69, 9.17) is 28.4 Å². The number of thiocarbonyl (C=S) groups is 1. The molecule has 0 aliphatic carbocycles. The maximum Gasteiger partial charge on any atom is 0.240 e. The monoisotopic (exact) mass is 299 g/mol. The number of piperidine rings is 1. The van der Waals surface area contributed by atoms with Crippen LogP contribution in [0.5, 0.6) is 0 Å². The molecule has 0 aromatic carbocycles. The molecule has 0 saturated carbocycles. The number of carbonyl (C=O) groups is 2. The molecule has 2 rings (SSSR count). The quantitative estimate of drug-likeness (QED) is 0.711. The summed E-state index contributed by atoms with van der Waals surface area (Å²) in [6.45, 7) is 1.45. The minimum Gasteiger partial charge on any atom is -0.392 e. The summed E-state index contributed by atoms with van der Waals surface area (Å²) >= 11 is 5.14. The number of carbonyl (C=O) groups excluding carboxylic acids is 2. The topological polar surface area (TPSA) is 98.7 Å². The van der Waals surface area contributed by atoms with Crippen LogP contribution in [0.4, 0.5) is 0 Å². The van der Waals surface area contributed by atoms with Gasteiger partial charge in [0.05, 0.1) is 4.99 Å². The molecule has 0 aromatic heterocycles. The Morgan fingerprint density at radius 3 is 2.40 bits per heavy atom. The lowest BCUT2D eigenvalue weighted by Gasteiger charge is -2.42. The van der Waals surface area contributed by atoms with Crippen LogP contribution >= 0.6 is 12.2 Å². The fourth-order valence-corrected chi connectivity index (χ4v) is 3.32. The number of hydrogen-bond donors (Lipinski definition) is 2. The van der Waals surface area contributed by atoms with Gasteiger partial charge in [-0.1, -0.05) is 12.2 Å². The zero-order valence-electron chi connectivity index (χ0n) is 11.5. The minimum atomic E-state index is -0.876. The second-order valence-corrected chi connectivity index (χ2v) is 5.91. The lowest BCUT2D eigenvalue weighted by molar-refractivity contribution is -0.150. The first-order chi connectivity index (χ1) is 9.49. The van der Waals surface area contributed by atoms with E-state index < -0.39 is 17.4 Å². The van der Waals surface area contributed by atoms with Crippen molar-refractivity contribution in [3.63, 3.8) is 0 Å². The van der Waals surface area contributed by atoms with Gasteiger partial charge in [-0.2, -0.15) is 0 Å². The lowest BCUT2D eigenvalue weighted by atomic mass is 9.77. The van der Waals surface area contributed by atoms with E-state index in [2.05, 4.69) is 0 Å². The van der Waals surface area contributed by atoms with Gasteiger partial charge in [0.1, 0.15) is 11.5 Å². The molecule has 0 bridgehead atoms. The Hall–Kier alpha value is -1.21. The van der Waals surface area contributed by atoms with Crippen LogP contribution in [0.3, 0.4) is 0 Å².